The molecule has 0 aliphatic heterocycles. The van der Waals surface area contributed by atoms with Crippen LogP contribution < -0.4 is 10.6 Å². The van der Waals surface area contributed by atoms with Gasteiger partial charge in [0.25, 0.3) is 0 Å². The molecule has 1 aliphatic carbocycles. The first-order chi connectivity index (χ1) is 8.97. The molecule has 2 N–H and O–H groups in total. The lowest BCUT2D eigenvalue weighted by atomic mass is 9.80. The van der Waals surface area contributed by atoms with E-state index in [1.807, 2.05) is 12.1 Å². The van der Waals surface area contributed by atoms with E-state index in [0.29, 0.717) is 11.0 Å². The number of benzene rings is 1. The average Bonchev–Trinajstić information content (AvgIpc) is 2.37. The van der Waals surface area contributed by atoms with Crippen LogP contribution in [0.3, 0.4) is 0 Å². The minimum absolute atomic E-state index is 0.473. The Labute approximate surface area is 122 Å². The zero-order valence-corrected chi connectivity index (χ0v) is 12.9. The minimum atomic E-state index is 0.473. The highest BCUT2D eigenvalue weighted by atomic mass is 32.1. The predicted molar refractivity (Wildman–Crippen MR) is 86.7 cm³/mol. The summed E-state index contributed by atoms with van der Waals surface area (Å²) in [5.74, 6) is 1.63. The molecular formula is C16H24N2S. The maximum Gasteiger partial charge on any atom is 0.104 e. The fourth-order valence-electron chi connectivity index (χ4n) is 3.31. The van der Waals surface area contributed by atoms with E-state index < -0.39 is 0 Å². The summed E-state index contributed by atoms with van der Waals surface area (Å²) in [6.07, 6.45) is 3.91. The normalized spacial score (nSPS) is 27.0. The number of rotatable bonds is 3. The number of nitrogens with two attached hydrogens (primary N) is 1. The SMILES string of the molecule is CC1CC(C)CC(N(C)c2cccc(C(N)=S)c2)C1. The van der Waals surface area contributed by atoms with E-state index in [4.69, 9.17) is 18.0 Å². The van der Waals surface area contributed by atoms with Crippen LogP contribution in [0.15, 0.2) is 24.3 Å². The fraction of sp³-hybridized carbons (Fsp3) is 0.562. The number of hydrogen-bond donors (Lipinski definition) is 1. The van der Waals surface area contributed by atoms with Crippen LogP contribution in [-0.2, 0) is 0 Å². The van der Waals surface area contributed by atoms with Crippen molar-refractivity contribution in [2.24, 2.45) is 17.6 Å². The number of nitrogens with zero attached hydrogens (tertiary/aromatic N) is 1. The van der Waals surface area contributed by atoms with Crippen molar-refractivity contribution in [1.82, 2.24) is 0 Å². The van der Waals surface area contributed by atoms with Gasteiger partial charge in [0, 0.05) is 24.3 Å². The summed E-state index contributed by atoms with van der Waals surface area (Å²) in [5, 5.41) is 0. The molecule has 0 spiro atoms. The van der Waals surface area contributed by atoms with Crippen LogP contribution in [0.5, 0.6) is 0 Å². The number of thiocarbonyl (C=S) groups is 1. The molecule has 2 nitrogen and oxygen atoms in total. The maximum atomic E-state index is 5.72. The van der Waals surface area contributed by atoms with Crippen molar-refractivity contribution in [2.45, 2.75) is 39.2 Å². The van der Waals surface area contributed by atoms with E-state index in [9.17, 15) is 0 Å². The van der Waals surface area contributed by atoms with Gasteiger partial charge in [-0.05, 0) is 43.2 Å². The molecule has 2 atom stereocenters. The van der Waals surface area contributed by atoms with Gasteiger partial charge < -0.3 is 10.6 Å². The summed E-state index contributed by atoms with van der Waals surface area (Å²) in [5.41, 5.74) is 7.89. The van der Waals surface area contributed by atoms with Crippen LogP contribution in [0.2, 0.25) is 0 Å². The standard InChI is InChI=1S/C16H24N2S/c1-11-7-12(2)9-15(8-11)18(3)14-6-4-5-13(10-14)16(17)19/h4-6,10-12,15H,7-9H2,1-3H3,(H2,17,19). The molecule has 1 fully saturated rings. The molecule has 1 aromatic carbocycles. The Morgan fingerprint density at radius 1 is 1.21 bits per heavy atom. The summed E-state index contributed by atoms with van der Waals surface area (Å²) >= 11 is 5.06. The van der Waals surface area contributed by atoms with E-state index >= 15 is 0 Å². The molecule has 3 heteroatoms. The molecule has 0 heterocycles. The molecule has 0 aromatic heterocycles. The van der Waals surface area contributed by atoms with Gasteiger partial charge in [0.1, 0.15) is 4.99 Å². The highest BCUT2D eigenvalue weighted by Crippen LogP contribution is 2.33. The van der Waals surface area contributed by atoms with E-state index in [2.05, 4.69) is 37.9 Å². The van der Waals surface area contributed by atoms with Crippen molar-refractivity contribution in [1.29, 1.82) is 0 Å². The summed E-state index contributed by atoms with van der Waals surface area (Å²) in [6, 6.07) is 8.89. The fourth-order valence-corrected chi connectivity index (χ4v) is 3.44. The third-order valence-electron chi connectivity index (χ3n) is 4.24. The van der Waals surface area contributed by atoms with Gasteiger partial charge in [0.2, 0.25) is 0 Å². The first-order valence-electron chi connectivity index (χ1n) is 7.10. The smallest absolute Gasteiger partial charge is 0.104 e. The van der Waals surface area contributed by atoms with Crippen LogP contribution in [-0.4, -0.2) is 18.1 Å². The van der Waals surface area contributed by atoms with Crippen molar-refractivity contribution < 1.29 is 0 Å². The lowest BCUT2D eigenvalue weighted by molar-refractivity contribution is 0.264. The van der Waals surface area contributed by atoms with E-state index in [0.717, 1.165) is 17.4 Å². The number of hydrogen-bond acceptors (Lipinski definition) is 2. The van der Waals surface area contributed by atoms with Crippen molar-refractivity contribution in [3.8, 4) is 0 Å². The Bertz CT molecular complexity index is 448. The zero-order chi connectivity index (χ0) is 14.0. The van der Waals surface area contributed by atoms with Gasteiger partial charge in [-0.15, -0.1) is 0 Å². The van der Waals surface area contributed by atoms with Crippen molar-refractivity contribution in [3.05, 3.63) is 29.8 Å². The monoisotopic (exact) mass is 276 g/mol. The van der Waals surface area contributed by atoms with Gasteiger partial charge >= 0.3 is 0 Å². The van der Waals surface area contributed by atoms with E-state index in [-0.39, 0.29) is 0 Å². The first-order valence-corrected chi connectivity index (χ1v) is 7.51. The maximum absolute atomic E-state index is 5.72. The molecule has 1 aromatic rings. The molecule has 0 amide bonds. The second kappa shape index (κ2) is 5.91. The first kappa shape index (κ1) is 14.3. The van der Waals surface area contributed by atoms with Gasteiger partial charge in [0.15, 0.2) is 0 Å². The average molecular weight is 276 g/mol. The van der Waals surface area contributed by atoms with Crippen molar-refractivity contribution in [3.63, 3.8) is 0 Å². The molecule has 2 unspecified atom stereocenters. The Morgan fingerprint density at radius 2 is 1.84 bits per heavy atom. The molecule has 0 bridgehead atoms. The quantitative estimate of drug-likeness (QED) is 0.856. The van der Waals surface area contributed by atoms with Gasteiger partial charge in [-0.25, -0.2) is 0 Å². The second-order valence-electron chi connectivity index (χ2n) is 6.10. The summed E-state index contributed by atoms with van der Waals surface area (Å²) < 4.78 is 0. The molecular weight excluding hydrogens is 252 g/mol. The summed E-state index contributed by atoms with van der Waals surface area (Å²) in [7, 11) is 2.19. The Balaban J connectivity index is 2.16. The predicted octanol–water partition coefficient (Wildman–Crippen LogP) is 3.58. The van der Waals surface area contributed by atoms with Gasteiger partial charge in [-0.1, -0.05) is 38.2 Å². The molecule has 1 aliphatic rings. The van der Waals surface area contributed by atoms with E-state index in [1.165, 1.54) is 24.9 Å². The third kappa shape index (κ3) is 3.47. The summed E-state index contributed by atoms with van der Waals surface area (Å²) in [6.45, 7) is 4.73. The van der Waals surface area contributed by atoms with Crippen molar-refractivity contribution in [2.75, 3.05) is 11.9 Å². The molecule has 0 saturated heterocycles. The topological polar surface area (TPSA) is 29.3 Å². The number of anilines is 1. The van der Waals surface area contributed by atoms with Gasteiger partial charge in [0.05, 0.1) is 0 Å². The van der Waals surface area contributed by atoms with Crippen molar-refractivity contribution >= 4 is 22.9 Å². The molecule has 0 radical (unpaired) electrons. The second-order valence-corrected chi connectivity index (χ2v) is 6.54. The highest BCUT2D eigenvalue weighted by Gasteiger charge is 2.26. The Hall–Kier alpha value is -1.09. The molecule has 1 saturated carbocycles. The molecule has 2 rings (SSSR count). The van der Waals surface area contributed by atoms with Crippen LogP contribution >= 0.6 is 12.2 Å². The molecule has 104 valence electrons. The van der Waals surface area contributed by atoms with E-state index in [1.54, 1.807) is 0 Å². The lowest BCUT2D eigenvalue weighted by Gasteiger charge is -2.38. The third-order valence-corrected chi connectivity index (χ3v) is 4.47. The zero-order valence-electron chi connectivity index (χ0n) is 12.1. The largest absolute Gasteiger partial charge is 0.389 e. The molecule has 19 heavy (non-hydrogen) atoms. The Morgan fingerprint density at radius 3 is 2.42 bits per heavy atom. The minimum Gasteiger partial charge on any atom is -0.389 e. The van der Waals surface area contributed by atoms with Crippen LogP contribution in [0.25, 0.3) is 0 Å². The van der Waals surface area contributed by atoms with Crippen LogP contribution in [0.1, 0.15) is 38.7 Å². The lowest BCUT2D eigenvalue weighted by Crippen LogP contribution is -2.38. The van der Waals surface area contributed by atoms with Gasteiger partial charge in [-0.2, -0.15) is 0 Å². The van der Waals surface area contributed by atoms with Gasteiger partial charge in [-0.3, -0.25) is 0 Å². The van der Waals surface area contributed by atoms with Crippen LogP contribution in [0.4, 0.5) is 5.69 Å². The Kier molecular flexibility index (Phi) is 4.46. The van der Waals surface area contributed by atoms with Crippen LogP contribution in [0, 0.1) is 11.8 Å². The summed E-state index contributed by atoms with van der Waals surface area (Å²) in [4.78, 5) is 2.87. The highest BCUT2D eigenvalue weighted by molar-refractivity contribution is 7.80.